The minimum atomic E-state index is -0.528. The lowest BCUT2D eigenvalue weighted by Gasteiger charge is -2.02. The summed E-state index contributed by atoms with van der Waals surface area (Å²) in [5, 5.41) is 0. The lowest BCUT2D eigenvalue weighted by atomic mass is 9.98. The van der Waals surface area contributed by atoms with Crippen molar-refractivity contribution in [1.82, 2.24) is 0 Å². The Morgan fingerprint density at radius 3 is 1.44 bits per heavy atom. The van der Waals surface area contributed by atoms with E-state index in [-0.39, 0.29) is 11.6 Å². The molecule has 0 spiro atoms. The fourth-order valence-corrected chi connectivity index (χ4v) is 1.08. The minimum Gasteiger partial charge on any atom is -0.299 e. The van der Waals surface area contributed by atoms with Crippen LogP contribution in [-0.4, -0.2) is 11.6 Å². The molecule has 1 saturated carbocycles. The third kappa shape index (κ3) is 0.784. The fourth-order valence-electron chi connectivity index (χ4n) is 1.08. The van der Waals surface area contributed by atoms with Crippen LogP contribution in [0.2, 0.25) is 0 Å². The maximum absolute atomic E-state index is 10.7. The van der Waals surface area contributed by atoms with Gasteiger partial charge < -0.3 is 0 Å². The van der Waals surface area contributed by atoms with Gasteiger partial charge >= 0.3 is 0 Å². The predicted octanol–water partition coefficient (Wildman–Crippen LogP) is 0.945. The van der Waals surface area contributed by atoms with Gasteiger partial charge in [-0.05, 0) is 26.7 Å². The van der Waals surface area contributed by atoms with Gasteiger partial charge in [-0.1, -0.05) is 0 Å². The Balaban J connectivity index is 2.75. The summed E-state index contributed by atoms with van der Waals surface area (Å²) in [6, 6.07) is 0. The number of hydrogen-bond acceptors (Lipinski definition) is 2. The molecule has 2 nitrogen and oxygen atoms in total. The van der Waals surface area contributed by atoms with Crippen molar-refractivity contribution in [3.63, 3.8) is 0 Å². The highest BCUT2D eigenvalue weighted by atomic mass is 16.2. The first-order valence-corrected chi connectivity index (χ1v) is 3.12. The monoisotopic (exact) mass is 126 g/mol. The molecule has 0 saturated heterocycles. The molecular formula is C7H10O2. The number of rotatable bonds is 2. The largest absolute Gasteiger partial charge is 0.299 e. The smallest absolute Gasteiger partial charge is 0.143 e. The number of hydrogen-bond donors (Lipinski definition) is 0. The van der Waals surface area contributed by atoms with E-state index in [2.05, 4.69) is 0 Å². The average Bonchev–Trinajstić information content (AvgIpc) is 2.40. The molecular weight excluding hydrogens is 116 g/mol. The second-order valence-corrected chi connectivity index (χ2v) is 2.69. The van der Waals surface area contributed by atoms with Crippen molar-refractivity contribution in [2.24, 2.45) is 5.41 Å². The van der Waals surface area contributed by atoms with E-state index >= 15 is 0 Å². The first kappa shape index (κ1) is 6.46. The van der Waals surface area contributed by atoms with Gasteiger partial charge in [-0.3, -0.25) is 9.59 Å². The standard InChI is InChI=1S/C7H10O2/c1-5(8)7(3-4-7)6(2)9/h3-4H2,1-2H3. The molecule has 0 bridgehead atoms. The Hall–Kier alpha value is -0.660. The summed E-state index contributed by atoms with van der Waals surface area (Å²) in [6.45, 7) is 2.99. The van der Waals surface area contributed by atoms with E-state index in [0.29, 0.717) is 0 Å². The molecule has 9 heavy (non-hydrogen) atoms. The molecule has 0 N–H and O–H groups in total. The quantitative estimate of drug-likeness (QED) is 0.516. The van der Waals surface area contributed by atoms with Crippen LogP contribution in [0.4, 0.5) is 0 Å². The maximum atomic E-state index is 10.7. The molecule has 2 heteroatoms. The van der Waals surface area contributed by atoms with E-state index in [1.54, 1.807) is 0 Å². The van der Waals surface area contributed by atoms with Crippen molar-refractivity contribution >= 4 is 11.6 Å². The zero-order valence-electron chi connectivity index (χ0n) is 5.73. The third-order valence-corrected chi connectivity index (χ3v) is 2.10. The highest BCUT2D eigenvalue weighted by Crippen LogP contribution is 2.46. The Bertz CT molecular complexity index is 150. The Kier molecular flexibility index (Phi) is 1.19. The molecule has 0 atom stereocenters. The van der Waals surface area contributed by atoms with Gasteiger partial charge in [0.2, 0.25) is 0 Å². The Labute approximate surface area is 54.2 Å². The fraction of sp³-hybridized carbons (Fsp3) is 0.714. The summed E-state index contributed by atoms with van der Waals surface area (Å²) in [5.74, 6) is 0.0741. The predicted molar refractivity (Wildman–Crippen MR) is 33.0 cm³/mol. The number of ketones is 2. The topological polar surface area (TPSA) is 34.1 Å². The van der Waals surface area contributed by atoms with Gasteiger partial charge in [0.05, 0.1) is 5.41 Å². The summed E-state index contributed by atoms with van der Waals surface area (Å²) in [4.78, 5) is 21.5. The van der Waals surface area contributed by atoms with Crippen LogP contribution < -0.4 is 0 Å². The SMILES string of the molecule is CC(=O)C1(C(C)=O)CC1. The van der Waals surface area contributed by atoms with Gasteiger partial charge in [0.1, 0.15) is 11.6 Å². The van der Waals surface area contributed by atoms with E-state index in [1.165, 1.54) is 13.8 Å². The average molecular weight is 126 g/mol. The summed E-state index contributed by atoms with van der Waals surface area (Å²) in [7, 11) is 0. The van der Waals surface area contributed by atoms with Crippen LogP contribution in [0.3, 0.4) is 0 Å². The van der Waals surface area contributed by atoms with Crippen LogP contribution in [-0.2, 0) is 9.59 Å². The van der Waals surface area contributed by atoms with E-state index in [9.17, 15) is 9.59 Å². The molecule has 0 aromatic carbocycles. The number of carbonyl (C=O) groups excluding carboxylic acids is 2. The summed E-state index contributed by atoms with van der Waals surface area (Å²) >= 11 is 0. The molecule has 0 aromatic rings. The van der Waals surface area contributed by atoms with Crippen LogP contribution in [0.25, 0.3) is 0 Å². The summed E-state index contributed by atoms with van der Waals surface area (Å²) < 4.78 is 0. The van der Waals surface area contributed by atoms with Crippen molar-refractivity contribution in [3.8, 4) is 0 Å². The van der Waals surface area contributed by atoms with Crippen LogP contribution in [0.1, 0.15) is 26.7 Å². The van der Waals surface area contributed by atoms with Crippen molar-refractivity contribution in [1.29, 1.82) is 0 Å². The van der Waals surface area contributed by atoms with E-state index < -0.39 is 5.41 Å². The Morgan fingerprint density at radius 2 is 1.44 bits per heavy atom. The van der Waals surface area contributed by atoms with E-state index in [0.717, 1.165) is 12.8 Å². The number of Topliss-reactive ketones (excluding diaryl/α,β-unsaturated/α-hetero) is 2. The number of carbonyl (C=O) groups is 2. The van der Waals surface area contributed by atoms with Gasteiger partial charge in [-0.15, -0.1) is 0 Å². The Morgan fingerprint density at radius 1 is 1.11 bits per heavy atom. The second kappa shape index (κ2) is 1.66. The van der Waals surface area contributed by atoms with Crippen LogP contribution >= 0.6 is 0 Å². The van der Waals surface area contributed by atoms with Gasteiger partial charge in [0.25, 0.3) is 0 Å². The zero-order valence-corrected chi connectivity index (χ0v) is 5.73. The first-order valence-electron chi connectivity index (χ1n) is 3.12. The molecule has 50 valence electrons. The van der Waals surface area contributed by atoms with Crippen molar-refractivity contribution in [2.45, 2.75) is 26.7 Å². The molecule has 1 aliphatic carbocycles. The molecule has 0 unspecified atom stereocenters. The van der Waals surface area contributed by atoms with E-state index in [4.69, 9.17) is 0 Å². The second-order valence-electron chi connectivity index (χ2n) is 2.69. The molecule has 1 fully saturated rings. The summed E-state index contributed by atoms with van der Waals surface area (Å²) in [6.07, 6.45) is 1.55. The zero-order chi connectivity index (χ0) is 7.07. The molecule has 0 aromatic heterocycles. The van der Waals surface area contributed by atoms with Crippen molar-refractivity contribution in [3.05, 3.63) is 0 Å². The highest BCUT2D eigenvalue weighted by Gasteiger charge is 2.51. The molecule has 0 aliphatic heterocycles. The van der Waals surface area contributed by atoms with E-state index in [1.807, 2.05) is 0 Å². The summed E-state index contributed by atoms with van der Waals surface area (Å²) in [5.41, 5.74) is -0.528. The lowest BCUT2D eigenvalue weighted by Crippen LogP contribution is -2.20. The van der Waals surface area contributed by atoms with Gasteiger partial charge in [0, 0.05) is 0 Å². The highest BCUT2D eigenvalue weighted by molar-refractivity contribution is 6.07. The third-order valence-electron chi connectivity index (χ3n) is 2.10. The molecule has 0 heterocycles. The minimum absolute atomic E-state index is 0.0370. The molecule has 1 rings (SSSR count). The van der Waals surface area contributed by atoms with Crippen LogP contribution in [0.5, 0.6) is 0 Å². The molecule has 0 amide bonds. The first-order chi connectivity index (χ1) is 4.09. The van der Waals surface area contributed by atoms with Gasteiger partial charge in [-0.2, -0.15) is 0 Å². The van der Waals surface area contributed by atoms with Gasteiger partial charge in [0.15, 0.2) is 0 Å². The lowest BCUT2D eigenvalue weighted by molar-refractivity contribution is -0.132. The molecule has 1 aliphatic rings. The van der Waals surface area contributed by atoms with Gasteiger partial charge in [-0.25, -0.2) is 0 Å². The maximum Gasteiger partial charge on any atom is 0.143 e. The van der Waals surface area contributed by atoms with Crippen molar-refractivity contribution < 1.29 is 9.59 Å². The van der Waals surface area contributed by atoms with Crippen LogP contribution in [0.15, 0.2) is 0 Å². The normalized spacial score (nSPS) is 21.1. The van der Waals surface area contributed by atoms with Crippen LogP contribution in [0, 0.1) is 5.41 Å². The van der Waals surface area contributed by atoms with Crippen molar-refractivity contribution in [2.75, 3.05) is 0 Å². The molecule has 0 radical (unpaired) electrons.